The van der Waals surface area contributed by atoms with Crippen LogP contribution in [0.2, 0.25) is 0 Å². The molecule has 2 heterocycles. The molecule has 3 rings (SSSR count). The lowest BCUT2D eigenvalue weighted by atomic mass is 10.00. The molecular weight excluding hydrogens is 425 g/mol. The van der Waals surface area contributed by atoms with Crippen molar-refractivity contribution in [1.29, 1.82) is 0 Å². The number of hydrogen-bond acceptors (Lipinski definition) is 5. The van der Waals surface area contributed by atoms with Gasteiger partial charge in [-0.2, -0.15) is 0 Å². The van der Waals surface area contributed by atoms with Gasteiger partial charge < -0.3 is 19.6 Å². The highest BCUT2D eigenvalue weighted by atomic mass is 19.1. The van der Waals surface area contributed by atoms with Crippen molar-refractivity contribution in [3.05, 3.63) is 59.0 Å². The van der Waals surface area contributed by atoms with Crippen LogP contribution in [-0.2, 0) is 4.79 Å². The molecule has 1 aliphatic rings. The number of fused-ring (bicyclic) bond motifs is 1. The summed E-state index contributed by atoms with van der Waals surface area (Å²) in [7, 11) is 1.69. The standard InChI is InChI=1S/C25H28FN3O4/c1-16-13-29(17(2)15-30)25(32)21-11-19(9-10-20-7-5-6-8-22(20)26)12-27-24(21)33-23(16)14-28(4)18(3)31/h5-8,11-12,16-17,23,30H,13-15H2,1-4H3/t16-,17-,23+/m1/s1. The summed E-state index contributed by atoms with van der Waals surface area (Å²) in [4.78, 5) is 32.6. The molecule has 2 amide bonds. The Hall–Kier alpha value is -3.44. The number of rotatable bonds is 4. The Morgan fingerprint density at radius 2 is 2.12 bits per heavy atom. The van der Waals surface area contributed by atoms with E-state index in [0.29, 0.717) is 18.7 Å². The van der Waals surface area contributed by atoms with Crippen LogP contribution in [0.1, 0.15) is 42.3 Å². The Balaban J connectivity index is 2.02. The highest BCUT2D eigenvalue weighted by Gasteiger charge is 2.34. The van der Waals surface area contributed by atoms with Crippen molar-refractivity contribution in [2.24, 2.45) is 5.92 Å². The van der Waals surface area contributed by atoms with Gasteiger partial charge in [0.2, 0.25) is 11.8 Å². The molecule has 1 aromatic carbocycles. The molecule has 0 radical (unpaired) electrons. The number of aromatic nitrogens is 1. The zero-order valence-corrected chi connectivity index (χ0v) is 19.2. The average molecular weight is 454 g/mol. The Kier molecular flexibility index (Phi) is 7.67. The average Bonchev–Trinajstić information content (AvgIpc) is 2.80. The third-order valence-corrected chi connectivity index (χ3v) is 5.73. The third kappa shape index (κ3) is 5.68. The largest absolute Gasteiger partial charge is 0.472 e. The van der Waals surface area contributed by atoms with Gasteiger partial charge in [0.25, 0.3) is 5.91 Å². The topological polar surface area (TPSA) is 83.0 Å². The van der Waals surface area contributed by atoms with Gasteiger partial charge in [-0.1, -0.05) is 30.9 Å². The number of carbonyl (C=O) groups is 2. The molecular formula is C25H28FN3O4. The molecule has 0 fully saturated rings. The van der Waals surface area contributed by atoms with Crippen molar-refractivity contribution in [2.75, 3.05) is 26.7 Å². The van der Waals surface area contributed by atoms with E-state index in [0.717, 1.165) is 0 Å². The zero-order chi connectivity index (χ0) is 24.1. The minimum Gasteiger partial charge on any atom is -0.472 e. The number of aliphatic hydroxyl groups is 1. The number of carbonyl (C=O) groups excluding carboxylic acids is 2. The summed E-state index contributed by atoms with van der Waals surface area (Å²) in [6.45, 7) is 5.63. The van der Waals surface area contributed by atoms with Crippen LogP contribution in [0.4, 0.5) is 4.39 Å². The second kappa shape index (κ2) is 10.5. The molecule has 174 valence electrons. The van der Waals surface area contributed by atoms with E-state index in [-0.39, 0.29) is 41.3 Å². The van der Waals surface area contributed by atoms with E-state index < -0.39 is 18.0 Å². The molecule has 0 aliphatic carbocycles. The number of hydrogen-bond donors (Lipinski definition) is 1. The predicted octanol–water partition coefficient (Wildman–Crippen LogP) is 2.32. The van der Waals surface area contributed by atoms with E-state index in [2.05, 4.69) is 16.8 Å². The number of halogens is 1. The molecule has 0 spiro atoms. The SMILES string of the molecule is CC(=O)N(C)C[C@@H]1Oc2ncc(C#Cc3ccccc3F)cc2C(=O)N([C@H](C)CO)C[C@H]1C. The normalized spacial score (nSPS) is 18.7. The van der Waals surface area contributed by atoms with Crippen LogP contribution in [0, 0.1) is 23.6 Å². The summed E-state index contributed by atoms with van der Waals surface area (Å²) in [5.74, 6) is 4.76. The van der Waals surface area contributed by atoms with E-state index in [9.17, 15) is 19.1 Å². The first kappa shape index (κ1) is 24.2. The number of amides is 2. The lowest BCUT2D eigenvalue weighted by Crippen LogP contribution is -2.50. The Morgan fingerprint density at radius 3 is 2.79 bits per heavy atom. The summed E-state index contributed by atoms with van der Waals surface area (Å²) < 4.78 is 20.0. The van der Waals surface area contributed by atoms with Crippen molar-refractivity contribution >= 4 is 11.8 Å². The molecule has 3 atom stereocenters. The number of likely N-dealkylation sites (N-methyl/N-ethyl adjacent to an activating group) is 1. The monoisotopic (exact) mass is 453 g/mol. The molecule has 1 aliphatic heterocycles. The maximum Gasteiger partial charge on any atom is 0.259 e. The van der Waals surface area contributed by atoms with Crippen LogP contribution in [0.3, 0.4) is 0 Å². The number of benzene rings is 1. The van der Waals surface area contributed by atoms with Gasteiger partial charge in [-0.15, -0.1) is 0 Å². The summed E-state index contributed by atoms with van der Waals surface area (Å²) >= 11 is 0. The smallest absolute Gasteiger partial charge is 0.259 e. The van der Waals surface area contributed by atoms with Gasteiger partial charge in [-0.3, -0.25) is 9.59 Å². The fraction of sp³-hybridized carbons (Fsp3) is 0.400. The summed E-state index contributed by atoms with van der Waals surface area (Å²) in [6.07, 6.45) is 1.06. The van der Waals surface area contributed by atoms with Gasteiger partial charge in [0.05, 0.1) is 24.8 Å². The van der Waals surface area contributed by atoms with Crippen LogP contribution >= 0.6 is 0 Å². The van der Waals surface area contributed by atoms with Crippen LogP contribution in [0.25, 0.3) is 0 Å². The fourth-order valence-electron chi connectivity index (χ4n) is 3.49. The number of pyridine rings is 1. The van der Waals surface area contributed by atoms with Crippen molar-refractivity contribution in [1.82, 2.24) is 14.8 Å². The van der Waals surface area contributed by atoms with E-state index >= 15 is 0 Å². The van der Waals surface area contributed by atoms with Gasteiger partial charge >= 0.3 is 0 Å². The van der Waals surface area contributed by atoms with E-state index in [1.165, 1.54) is 19.2 Å². The molecule has 0 saturated carbocycles. The highest BCUT2D eigenvalue weighted by Crippen LogP contribution is 2.27. The minimum atomic E-state index is -0.432. The first-order valence-corrected chi connectivity index (χ1v) is 10.8. The van der Waals surface area contributed by atoms with Gasteiger partial charge in [-0.25, -0.2) is 9.37 Å². The molecule has 33 heavy (non-hydrogen) atoms. The third-order valence-electron chi connectivity index (χ3n) is 5.73. The fourth-order valence-corrected chi connectivity index (χ4v) is 3.49. The quantitative estimate of drug-likeness (QED) is 0.719. The molecule has 7 nitrogen and oxygen atoms in total. The number of ether oxygens (including phenoxy) is 1. The van der Waals surface area contributed by atoms with Gasteiger partial charge in [0.15, 0.2) is 0 Å². The maximum absolute atomic E-state index is 13.9. The van der Waals surface area contributed by atoms with E-state index in [1.54, 1.807) is 48.0 Å². The van der Waals surface area contributed by atoms with E-state index in [1.807, 2.05) is 6.92 Å². The first-order valence-electron chi connectivity index (χ1n) is 10.8. The molecule has 0 bridgehead atoms. The summed E-state index contributed by atoms with van der Waals surface area (Å²) in [6, 6.07) is 7.31. The Morgan fingerprint density at radius 1 is 1.39 bits per heavy atom. The predicted molar refractivity (Wildman–Crippen MR) is 121 cm³/mol. The van der Waals surface area contributed by atoms with Crippen molar-refractivity contribution in [2.45, 2.75) is 32.9 Å². The van der Waals surface area contributed by atoms with Crippen molar-refractivity contribution in [3.63, 3.8) is 0 Å². The molecule has 1 aromatic heterocycles. The molecule has 0 unspecified atom stereocenters. The van der Waals surface area contributed by atoms with Crippen molar-refractivity contribution in [3.8, 4) is 17.7 Å². The van der Waals surface area contributed by atoms with Crippen LogP contribution in [0.5, 0.6) is 5.88 Å². The number of aliphatic hydroxyl groups excluding tert-OH is 1. The second-order valence-electron chi connectivity index (χ2n) is 8.33. The Labute approximate surface area is 193 Å². The molecule has 0 saturated heterocycles. The van der Waals surface area contributed by atoms with Crippen LogP contribution in [-0.4, -0.2) is 70.6 Å². The highest BCUT2D eigenvalue weighted by molar-refractivity contribution is 5.97. The van der Waals surface area contributed by atoms with E-state index in [4.69, 9.17) is 4.74 Å². The summed E-state index contributed by atoms with van der Waals surface area (Å²) in [5.41, 5.74) is 0.873. The van der Waals surface area contributed by atoms with Gasteiger partial charge in [-0.05, 0) is 25.1 Å². The lowest BCUT2D eigenvalue weighted by molar-refractivity contribution is -0.129. The molecule has 1 N–H and O–H groups in total. The lowest BCUT2D eigenvalue weighted by Gasteiger charge is -2.37. The molecule has 8 heteroatoms. The minimum absolute atomic E-state index is 0.100. The van der Waals surface area contributed by atoms with Crippen LogP contribution in [0.15, 0.2) is 36.5 Å². The van der Waals surface area contributed by atoms with Crippen molar-refractivity contribution < 1.29 is 23.8 Å². The number of nitrogens with zero attached hydrogens (tertiary/aromatic N) is 3. The summed E-state index contributed by atoms with van der Waals surface area (Å²) in [5, 5.41) is 9.72. The zero-order valence-electron chi connectivity index (χ0n) is 19.2. The Bertz CT molecular complexity index is 1090. The second-order valence-corrected chi connectivity index (χ2v) is 8.33. The van der Waals surface area contributed by atoms with Crippen LogP contribution < -0.4 is 4.74 Å². The maximum atomic E-state index is 13.9. The van der Waals surface area contributed by atoms with Gasteiger partial charge in [0, 0.05) is 38.2 Å². The van der Waals surface area contributed by atoms with Gasteiger partial charge in [0.1, 0.15) is 17.5 Å². The molecule has 2 aromatic rings. The first-order chi connectivity index (χ1) is 15.7.